The van der Waals surface area contributed by atoms with Crippen LogP contribution in [0.1, 0.15) is 22.3 Å². The fourth-order valence-corrected chi connectivity index (χ4v) is 2.91. The lowest BCUT2D eigenvalue weighted by molar-refractivity contribution is 0.0982. The van der Waals surface area contributed by atoms with Crippen molar-refractivity contribution in [1.29, 1.82) is 0 Å². The Morgan fingerprint density at radius 2 is 1.88 bits per heavy atom. The summed E-state index contributed by atoms with van der Waals surface area (Å²) in [5, 5.41) is 0. The number of ketones is 1. The Bertz CT molecular complexity index is 676. The van der Waals surface area contributed by atoms with Gasteiger partial charge in [0.25, 0.3) is 0 Å². The van der Waals surface area contributed by atoms with Crippen molar-refractivity contribution >= 4 is 11.5 Å². The Kier molecular flexibility index (Phi) is 5.49. The summed E-state index contributed by atoms with van der Waals surface area (Å²) in [5.74, 6) is 1.00. The largest absolute Gasteiger partial charge is 0.497 e. The van der Waals surface area contributed by atoms with Gasteiger partial charge in [-0.2, -0.15) is 0 Å². The minimum atomic E-state index is 0.173. The van der Waals surface area contributed by atoms with Crippen molar-refractivity contribution in [3.63, 3.8) is 0 Å². The molecule has 1 aliphatic heterocycles. The molecule has 0 atom stereocenters. The predicted octanol–water partition coefficient (Wildman–Crippen LogP) is 3.35. The fourth-order valence-electron chi connectivity index (χ4n) is 2.91. The van der Waals surface area contributed by atoms with Gasteiger partial charge < -0.3 is 14.4 Å². The molecule has 0 N–H and O–H groups in total. The van der Waals surface area contributed by atoms with Gasteiger partial charge in [0, 0.05) is 30.8 Å². The first-order valence-corrected chi connectivity index (χ1v) is 8.35. The fraction of sp³-hybridized carbons (Fsp3) is 0.350. The molecule has 0 saturated carbocycles. The van der Waals surface area contributed by atoms with E-state index in [2.05, 4.69) is 4.90 Å². The summed E-state index contributed by atoms with van der Waals surface area (Å²) < 4.78 is 10.6. The minimum absolute atomic E-state index is 0.173. The second-order valence-electron chi connectivity index (χ2n) is 5.92. The average molecular weight is 325 g/mol. The normalized spacial score (nSPS) is 14.5. The molecule has 1 saturated heterocycles. The third kappa shape index (κ3) is 4.15. The standard InChI is InChI=1S/C20H23NO3/c1-23-19-4-2-3-16(15-19)5-10-20(22)17-6-8-18(9-7-17)21-11-13-24-14-12-21/h2-4,6-9,15H,5,10-14H2,1H3. The summed E-state index contributed by atoms with van der Waals surface area (Å²) >= 11 is 0. The number of anilines is 1. The van der Waals surface area contributed by atoms with Gasteiger partial charge in [-0.15, -0.1) is 0 Å². The number of aryl methyl sites for hydroxylation is 1. The molecule has 1 fully saturated rings. The van der Waals surface area contributed by atoms with Crippen LogP contribution in [0.3, 0.4) is 0 Å². The van der Waals surface area contributed by atoms with Gasteiger partial charge in [0.2, 0.25) is 0 Å². The van der Waals surface area contributed by atoms with Crippen molar-refractivity contribution in [2.75, 3.05) is 38.3 Å². The maximum Gasteiger partial charge on any atom is 0.163 e. The van der Waals surface area contributed by atoms with Crippen molar-refractivity contribution in [1.82, 2.24) is 0 Å². The van der Waals surface area contributed by atoms with Crippen LogP contribution in [-0.2, 0) is 11.2 Å². The number of carbonyl (C=O) groups is 1. The molecule has 0 radical (unpaired) electrons. The molecule has 4 nitrogen and oxygen atoms in total. The third-order valence-electron chi connectivity index (χ3n) is 4.34. The lowest BCUT2D eigenvalue weighted by Crippen LogP contribution is -2.36. The minimum Gasteiger partial charge on any atom is -0.497 e. The monoisotopic (exact) mass is 325 g/mol. The summed E-state index contributed by atoms with van der Waals surface area (Å²) in [4.78, 5) is 14.7. The smallest absolute Gasteiger partial charge is 0.163 e. The van der Waals surface area contributed by atoms with Gasteiger partial charge in [0.15, 0.2) is 5.78 Å². The maximum absolute atomic E-state index is 12.4. The summed E-state index contributed by atoms with van der Waals surface area (Å²) in [7, 11) is 1.65. The molecule has 0 aromatic heterocycles. The number of rotatable bonds is 6. The van der Waals surface area contributed by atoms with Crippen LogP contribution >= 0.6 is 0 Å². The topological polar surface area (TPSA) is 38.8 Å². The number of benzene rings is 2. The quantitative estimate of drug-likeness (QED) is 0.764. The van der Waals surface area contributed by atoms with Crippen molar-refractivity contribution in [3.8, 4) is 5.75 Å². The van der Waals surface area contributed by atoms with Crippen LogP contribution in [0, 0.1) is 0 Å². The van der Waals surface area contributed by atoms with Crippen LogP contribution in [-0.4, -0.2) is 39.2 Å². The van der Waals surface area contributed by atoms with Gasteiger partial charge in [-0.3, -0.25) is 4.79 Å². The van der Waals surface area contributed by atoms with Crippen LogP contribution in [0.5, 0.6) is 5.75 Å². The molecule has 0 unspecified atom stereocenters. The van der Waals surface area contributed by atoms with E-state index in [4.69, 9.17) is 9.47 Å². The highest BCUT2D eigenvalue weighted by Gasteiger charge is 2.12. The SMILES string of the molecule is COc1cccc(CCC(=O)c2ccc(N3CCOCC3)cc2)c1. The van der Waals surface area contributed by atoms with Gasteiger partial charge >= 0.3 is 0 Å². The van der Waals surface area contributed by atoms with Crippen LogP contribution in [0.25, 0.3) is 0 Å². The number of hydrogen-bond donors (Lipinski definition) is 0. The Balaban J connectivity index is 1.58. The average Bonchev–Trinajstić information content (AvgIpc) is 2.67. The lowest BCUT2D eigenvalue weighted by atomic mass is 10.0. The van der Waals surface area contributed by atoms with E-state index in [1.165, 1.54) is 0 Å². The first-order chi connectivity index (χ1) is 11.8. The number of methoxy groups -OCH3 is 1. The van der Waals surface area contributed by atoms with Crippen molar-refractivity contribution in [2.24, 2.45) is 0 Å². The predicted molar refractivity (Wildman–Crippen MR) is 95.1 cm³/mol. The molecule has 126 valence electrons. The molecular formula is C20H23NO3. The first kappa shape index (κ1) is 16.5. The highest BCUT2D eigenvalue weighted by Crippen LogP contribution is 2.19. The molecule has 1 heterocycles. The zero-order valence-corrected chi connectivity index (χ0v) is 14.0. The highest BCUT2D eigenvalue weighted by molar-refractivity contribution is 5.96. The van der Waals surface area contributed by atoms with E-state index < -0.39 is 0 Å². The Hall–Kier alpha value is -2.33. The van der Waals surface area contributed by atoms with E-state index in [9.17, 15) is 4.79 Å². The van der Waals surface area contributed by atoms with Crippen molar-refractivity contribution < 1.29 is 14.3 Å². The summed E-state index contributed by atoms with van der Waals surface area (Å²) in [5.41, 5.74) is 3.05. The van der Waals surface area contributed by atoms with Gasteiger partial charge in [0.1, 0.15) is 5.75 Å². The first-order valence-electron chi connectivity index (χ1n) is 8.35. The summed E-state index contributed by atoms with van der Waals surface area (Å²) in [6.45, 7) is 3.34. The number of hydrogen-bond acceptors (Lipinski definition) is 4. The van der Waals surface area contributed by atoms with Gasteiger partial charge in [-0.05, 0) is 48.4 Å². The molecule has 0 amide bonds. The Morgan fingerprint density at radius 1 is 1.12 bits per heavy atom. The van der Waals surface area contributed by atoms with E-state index in [0.29, 0.717) is 6.42 Å². The molecule has 2 aromatic rings. The van der Waals surface area contributed by atoms with Crippen LogP contribution in [0.15, 0.2) is 48.5 Å². The number of ether oxygens (including phenoxy) is 2. The molecular weight excluding hydrogens is 302 g/mol. The Labute approximate surface area is 143 Å². The summed E-state index contributed by atoms with van der Waals surface area (Å²) in [6, 6.07) is 15.8. The number of morpholine rings is 1. The number of nitrogens with zero attached hydrogens (tertiary/aromatic N) is 1. The third-order valence-corrected chi connectivity index (χ3v) is 4.34. The van der Waals surface area contributed by atoms with E-state index in [0.717, 1.165) is 55.3 Å². The number of Topliss-reactive ketones (excluding diaryl/α,β-unsaturated/α-hetero) is 1. The van der Waals surface area contributed by atoms with E-state index in [-0.39, 0.29) is 5.78 Å². The maximum atomic E-state index is 12.4. The second kappa shape index (κ2) is 7.97. The zero-order valence-electron chi connectivity index (χ0n) is 14.0. The molecule has 4 heteroatoms. The lowest BCUT2D eigenvalue weighted by Gasteiger charge is -2.28. The molecule has 0 spiro atoms. The molecule has 3 rings (SSSR count). The molecule has 24 heavy (non-hydrogen) atoms. The highest BCUT2D eigenvalue weighted by atomic mass is 16.5. The second-order valence-corrected chi connectivity index (χ2v) is 5.92. The molecule has 0 bridgehead atoms. The van der Waals surface area contributed by atoms with Crippen molar-refractivity contribution in [2.45, 2.75) is 12.8 Å². The molecule has 2 aromatic carbocycles. The molecule has 1 aliphatic rings. The van der Waals surface area contributed by atoms with Crippen molar-refractivity contribution in [3.05, 3.63) is 59.7 Å². The van der Waals surface area contributed by atoms with Crippen LogP contribution in [0.2, 0.25) is 0 Å². The van der Waals surface area contributed by atoms with Gasteiger partial charge in [0.05, 0.1) is 20.3 Å². The number of carbonyl (C=O) groups excluding carboxylic acids is 1. The van der Waals surface area contributed by atoms with E-state index >= 15 is 0 Å². The van der Waals surface area contributed by atoms with Crippen LogP contribution < -0.4 is 9.64 Å². The van der Waals surface area contributed by atoms with Gasteiger partial charge in [-0.25, -0.2) is 0 Å². The Morgan fingerprint density at radius 3 is 2.58 bits per heavy atom. The van der Waals surface area contributed by atoms with Gasteiger partial charge in [-0.1, -0.05) is 12.1 Å². The molecule has 0 aliphatic carbocycles. The van der Waals surface area contributed by atoms with E-state index in [1.54, 1.807) is 7.11 Å². The zero-order chi connectivity index (χ0) is 16.8. The van der Waals surface area contributed by atoms with Crippen LogP contribution in [0.4, 0.5) is 5.69 Å². The van der Waals surface area contributed by atoms with E-state index in [1.807, 2.05) is 48.5 Å². The summed E-state index contributed by atoms with van der Waals surface area (Å²) in [6.07, 6.45) is 1.23.